The number of aromatic nitrogens is 2. The van der Waals surface area contributed by atoms with Gasteiger partial charge < -0.3 is 4.57 Å². The largest absolute Gasteiger partial charge is 0.323 e. The molecule has 2 aliphatic carbocycles. The summed E-state index contributed by atoms with van der Waals surface area (Å²) in [5.41, 5.74) is 1.77. The van der Waals surface area contributed by atoms with Crippen LogP contribution in [0.3, 0.4) is 0 Å². The summed E-state index contributed by atoms with van der Waals surface area (Å²) in [6, 6.07) is 5.30. The van der Waals surface area contributed by atoms with Crippen molar-refractivity contribution in [3.63, 3.8) is 0 Å². The van der Waals surface area contributed by atoms with E-state index < -0.39 is 0 Å². The quantitative estimate of drug-likeness (QED) is 0.725. The topological polar surface area (TPSA) is 17.8 Å². The normalized spacial score (nSPS) is 30.2. The Morgan fingerprint density at radius 3 is 2.85 bits per heavy atom. The molecule has 2 aromatic rings. The minimum absolute atomic E-state index is 0.149. The molecule has 0 radical (unpaired) electrons. The predicted octanol–water partition coefficient (Wildman–Crippen LogP) is 4.84. The second kappa shape index (κ2) is 4.45. The van der Waals surface area contributed by atoms with Crippen LogP contribution in [0.2, 0.25) is 0 Å². The molecule has 2 saturated carbocycles. The standard InChI is InChI=1S/C16H18ClFN2/c1-9(17)16-19-13-5-4-12(18)8-15(13)20(16)14-7-10-2-3-11(14)6-10/h4-5,8-11,14H,2-3,6-7H2,1H3. The summed E-state index contributed by atoms with van der Waals surface area (Å²) >= 11 is 6.32. The molecule has 0 N–H and O–H groups in total. The minimum Gasteiger partial charge on any atom is -0.323 e. The van der Waals surface area contributed by atoms with Gasteiger partial charge in [-0.2, -0.15) is 0 Å². The van der Waals surface area contributed by atoms with Crippen LogP contribution in [0.1, 0.15) is 49.9 Å². The van der Waals surface area contributed by atoms with Crippen molar-refractivity contribution in [2.24, 2.45) is 11.8 Å². The summed E-state index contributed by atoms with van der Waals surface area (Å²) in [5, 5.41) is -0.149. The Morgan fingerprint density at radius 1 is 1.35 bits per heavy atom. The molecule has 1 aromatic heterocycles. The lowest BCUT2D eigenvalue weighted by atomic mass is 9.95. The van der Waals surface area contributed by atoms with Gasteiger partial charge in [-0.15, -0.1) is 11.6 Å². The highest BCUT2D eigenvalue weighted by Crippen LogP contribution is 2.52. The van der Waals surface area contributed by atoms with Crippen molar-refractivity contribution in [2.75, 3.05) is 0 Å². The predicted molar refractivity (Wildman–Crippen MR) is 78.4 cm³/mol. The molecular formula is C16H18ClFN2. The second-order valence-corrected chi connectivity index (χ2v) is 6.99. The molecule has 0 amide bonds. The fourth-order valence-corrected chi connectivity index (χ4v) is 4.40. The van der Waals surface area contributed by atoms with E-state index in [1.165, 1.54) is 31.7 Å². The van der Waals surface area contributed by atoms with E-state index in [9.17, 15) is 4.39 Å². The van der Waals surface area contributed by atoms with Crippen LogP contribution in [0.5, 0.6) is 0 Å². The Labute approximate surface area is 122 Å². The van der Waals surface area contributed by atoms with Gasteiger partial charge in [0.05, 0.1) is 16.4 Å². The number of hydrogen-bond acceptors (Lipinski definition) is 1. The number of nitrogens with zero attached hydrogens (tertiary/aromatic N) is 2. The van der Waals surface area contributed by atoms with Gasteiger partial charge in [-0.1, -0.05) is 6.42 Å². The van der Waals surface area contributed by atoms with E-state index in [4.69, 9.17) is 11.6 Å². The zero-order valence-electron chi connectivity index (χ0n) is 11.5. The van der Waals surface area contributed by atoms with E-state index in [1.807, 2.05) is 6.92 Å². The average Bonchev–Trinajstić information content (AvgIpc) is 3.10. The maximum absolute atomic E-state index is 13.6. The summed E-state index contributed by atoms with van der Waals surface area (Å²) in [7, 11) is 0. The highest BCUT2D eigenvalue weighted by molar-refractivity contribution is 6.20. The Bertz CT molecular complexity index is 664. The van der Waals surface area contributed by atoms with Crippen LogP contribution < -0.4 is 0 Å². The zero-order valence-corrected chi connectivity index (χ0v) is 12.3. The monoisotopic (exact) mass is 292 g/mol. The van der Waals surface area contributed by atoms with E-state index in [1.54, 1.807) is 12.1 Å². The lowest BCUT2D eigenvalue weighted by molar-refractivity contribution is 0.329. The molecule has 4 unspecified atom stereocenters. The van der Waals surface area contributed by atoms with Crippen LogP contribution in [-0.2, 0) is 0 Å². The first-order valence-corrected chi connectivity index (χ1v) is 7.88. The number of rotatable bonds is 2. The lowest BCUT2D eigenvalue weighted by Gasteiger charge is -2.26. The van der Waals surface area contributed by atoms with Crippen LogP contribution in [0.25, 0.3) is 11.0 Å². The van der Waals surface area contributed by atoms with Gasteiger partial charge in [-0.05, 0) is 56.2 Å². The number of fused-ring (bicyclic) bond motifs is 3. The minimum atomic E-state index is -0.199. The number of halogens is 2. The second-order valence-electron chi connectivity index (χ2n) is 6.33. The number of alkyl halides is 1. The maximum Gasteiger partial charge on any atom is 0.127 e. The molecule has 1 aromatic carbocycles. The molecule has 4 atom stereocenters. The molecule has 20 heavy (non-hydrogen) atoms. The third kappa shape index (κ3) is 1.79. The maximum atomic E-state index is 13.6. The Kier molecular flexibility index (Phi) is 2.81. The van der Waals surface area contributed by atoms with Crippen LogP contribution >= 0.6 is 11.6 Å². The summed E-state index contributed by atoms with van der Waals surface area (Å²) in [6.07, 6.45) is 5.16. The van der Waals surface area contributed by atoms with Crippen LogP contribution in [-0.4, -0.2) is 9.55 Å². The molecule has 4 heteroatoms. The molecule has 0 spiro atoms. The highest BCUT2D eigenvalue weighted by atomic mass is 35.5. The van der Waals surface area contributed by atoms with Crippen LogP contribution in [0.4, 0.5) is 4.39 Å². The fraction of sp³-hybridized carbons (Fsp3) is 0.562. The van der Waals surface area contributed by atoms with Gasteiger partial charge in [0, 0.05) is 6.04 Å². The van der Waals surface area contributed by atoms with E-state index in [-0.39, 0.29) is 11.2 Å². The van der Waals surface area contributed by atoms with Gasteiger partial charge >= 0.3 is 0 Å². The zero-order chi connectivity index (χ0) is 13.9. The number of imidazole rings is 1. The van der Waals surface area contributed by atoms with E-state index in [0.29, 0.717) is 6.04 Å². The first kappa shape index (κ1) is 12.6. The van der Waals surface area contributed by atoms with E-state index in [2.05, 4.69) is 9.55 Å². The first-order chi connectivity index (χ1) is 9.63. The number of benzene rings is 1. The van der Waals surface area contributed by atoms with Gasteiger partial charge in [-0.25, -0.2) is 9.37 Å². The molecule has 2 aliphatic rings. The molecule has 106 valence electrons. The lowest BCUT2D eigenvalue weighted by Crippen LogP contribution is -2.18. The van der Waals surface area contributed by atoms with Crippen molar-refractivity contribution >= 4 is 22.6 Å². The van der Waals surface area contributed by atoms with Crippen molar-refractivity contribution in [1.29, 1.82) is 0 Å². The van der Waals surface area contributed by atoms with Crippen molar-refractivity contribution < 1.29 is 4.39 Å². The van der Waals surface area contributed by atoms with Crippen molar-refractivity contribution in [2.45, 2.75) is 44.0 Å². The van der Waals surface area contributed by atoms with Gasteiger partial charge in [-0.3, -0.25) is 0 Å². The highest BCUT2D eigenvalue weighted by Gasteiger charge is 2.42. The van der Waals surface area contributed by atoms with Crippen molar-refractivity contribution in [3.8, 4) is 0 Å². The summed E-state index contributed by atoms with van der Waals surface area (Å²) in [6.45, 7) is 1.95. The van der Waals surface area contributed by atoms with Crippen molar-refractivity contribution in [1.82, 2.24) is 9.55 Å². The third-order valence-corrected chi connectivity index (χ3v) is 5.26. The van der Waals surface area contributed by atoms with Gasteiger partial charge in [0.25, 0.3) is 0 Å². The van der Waals surface area contributed by atoms with E-state index >= 15 is 0 Å². The summed E-state index contributed by atoms with van der Waals surface area (Å²) in [5.74, 6) is 2.25. The van der Waals surface area contributed by atoms with Gasteiger partial charge in [0.2, 0.25) is 0 Å². The SMILES string of the molecule is CC(Cl)c1nc2ccc(F)cc2n1C1CC2CCC1C2. The van der Waals surface area contributed by atoms with Crippen LogP contribution in [0, 0.1) is 17.7 Å². The van der Waals surface area contributed by atoms with Crippen LogP contribution in [0.15, 0.2) is 18.2 Å². The van der Waals surface area contributed by atoms with Crippen molar-refractivity contribution in [3.05, 3.63) is 29.8 Å². The smallest absolute Gasteiger partial charge is 0.127 e. The summed E-state index contributed by atoms with van der Waals surface area (Å²) < 4.78 is 15.9. The Morgan fingerprint density at radius 2 is 2.20 bits per heavy atom. The van der Waals surface area contributed by atoms with E-state index in [0.717, 1.165) is 28.7 Å². The molecular weight excluding hydrogens is 275 g/mol. The fourth-order valence-electron chi connectivity index (χ4n) is 4.24. The molecule has 0 aliphatic heterocycles. The third-order valence-electron chi connectivity index (χ3n) is 5.07. The molecule has 2 nitrogen and oxygen atoms in total. The van der Waals surface area contributed by atoms with Gasteiger partial charge in [0.15, 0.2) is 0 Å². The molecule has 2 bridgehead atoms. The Hall–Kier alpha value is -1.09. The average molecular weight is 293 g/mol. The molecule has 0 saturated heterocycles. The van der Waals surface area contributed by atoms with Gasteiger partial charge in [0.1, 0.15) is 11.6 Å². The Balaban J connectivity index is 1.91. The first-order valence-electron chi connectivity index (χ1n) is 7.45. The molecule has 4 rings (SSSR count). The summed E-state index contributed by atoms with van der Waals surface area (Å²) in [4.78, 5) is 4.65. The molecule has 1 heterocycles. The molecule has 2 fully saturated rings. The number of hydrogen-bond donors (Lipinski definition) is 0.